The number of thioether (sulfide) groups is 1. The van der Waals surface area contributed by atoms with Gasteiger partial charge in [0.05, 0.1) is 6.20 Å². The Kier molecular flexibility index (Phi) is 6.87. The summed E-state index contributed by atoms with van der Waals surface area (Å²) in [6.07, 6.45) is 2.29. The fraction of sp³-hybridized carbons (Fsp3) is 0.556. The zero-order valence-corrected chi connectivity index (χ0v) is 10.9. The van der Waals surface area contributed by atoms with E-state index in [0.717, 1.165) is 24.5 Å². The van der Waals surface area contributed by atoms with Crippen molar-refractivity contribution >= 4 is 40.8 Å². The fourth-order valence-corrected chi connectivity index (χ4v) is 2.05. The molecule has 0 saturated heterocycles. The molecule has 16 heavy (non-hydrogen) atoms. The van der Waals surface area contributed by atoms with Gasteiger partial charge in [-0.1, -0.05) is 11.6 Å². The molecule has 90 valence electrons. The summed E-state index contributed by atoms with van der Waals surface area (Å²) in [4.78, 5) is 7.73. The second kappa shape index (κ2) is 7.95. The van der Waals surface area contributed by atoms with Gasteiger partial charge in [0.25, 0.3) is 0 Å². The van der Waals surface area contributed by atoms with Crippen LogP contribution >= 0.6 is 35.0 Å². The summed E-state index contributed by atoms with van der Waals surface area (Å²) in [6, 6.07) is 0. The number of anilines is 1. The monoisotopic (exact) mass is 281 g/mol. The van der Waals surface area contributed by atoms with Crippen molar-refractivity contribution in [2.45, 2.75) is 6.42 Å². The van der Waals surface area contributed by atoms with E-state index < -0.39 is 0 Å². The Bertz CT molecular complexity index is 328. The van der Waals surface area contributed by atoms with Gasteiger partial charge < -0.3 is 10.4 Å². The third-order valence-corrected chi connectivity index (χ3v) is 3.23. The van der Waals surface area contributed by atoms with Crippen molar-refractivity contribution in [2.24, 2.45) is 0 Å². The first-order chi connectivity index (χ1) is 7.74. The second-order valence-electron chi connectivity index (χ2n) is 2.95. The quantitative estimate of drug-likeness (QED) is 0.593. The molecule has 0 aliphatic heterocycles. The Labute approximate surface area is 109 Å². The molecule has 4 nitrogen and oxygen atoms in total. The maximum Gasteiger partial charge on any atom is 0.224 e. The number of halogens is 2. The number of hydrogen-bond donors (Lipinski definition) is 2. The minimum atomic E-state index is 0.180. The first kappa shape index (κ1) is 13.8. The van der Waals surface area contributed by atoms with E-state index in [1.54, 1.807) is 11.8 Å². The van der Waals surface area contributed by atoms with Gasteiger partial charge in [-0.15, -0.1) is 0 Å². The van der Waals surface area contributed by atoms with Crippen molar-refractivity contribution in [3.05, 3.63) is 16.5 Å². The van der Waals surface area contributed by atoms with Crippen molar-refractivity contribution in [2.75, 3.05) is 30.0 Å². The van der Waals surface area contributed by atoms with E-state index in [2.05, 4.69) is 15.3 Å². The average molecular weight is 282 g/mol. The topological polar surface area (TPSA) is 58.0 Å². The molecular formula is C9H13Cl2N3OS. The minimum Gasteiger partial charge on any atom is -0.396 e. The largest absolute Gasteiger partial charge is 0.396 e. The van der Waals surface area contributed by atoms with Crippen LogP contribution in [0.5, 0.6) is 0 Å². The number of hydrogen-bond acceptors (Lipinski definition) is 5. The van der Waals surface area contributed by atoms with Crippen LogP contribution in [0.2, 0.25) is 10.3 Å². The molecule has 0 radical (unpaired) electrons. The molecule has 1 heterocycles. The highest BCUT2D eigenvalue weighted by atomic mass is 35.5. The van der Waals surface area contributed by atoms with E-state index in [9.17, 15) is 0 Å². The first-order valence-electron chi connectivity index (χ1n) is 4.84. The molecule has 0 spiro atoms. The van der Waals surface area contributed by atoms with Gasteiger partial charge >= 0.3 is 0 Å². The highest BCUT2D eigenvalue weighted by Gasteiger charge is 2.02. The van der Waals surface area contributed by atoms with Crippen LogP contribution in [0.15, 0.2) is 6.20 Å². The molecule has 2 N–H and O–H groups in total. The highest BCUT2D eigenvalue weighted by molar-refractivity contribution is 7.99. The number of aromatic nitrogens is 2. The smallest absolute Gasteiger partial charge is 0.224 e. The zero-order chi connectivity index (χ0) is 11.8. The van der Waals surface area contributed by atoms with Gasteiger partial charge in [-0.25, -0.2) is 4.98 Å². The van der Waals surface area contributed by atoms with E-state index in [4.69, 9.17) is 28.3 Å². The molecule has 1 aromatic rings. The van der Waals surface area contributed by atoms with Crippen LogP contribution in [0.25, 0.3) is 0 Å². The van der Waals surface area contributed by atoms with Gasteiger partial charge in [-0.05, 0) is 23.8 Å². The molecule has 0 aliphatic rings. The lowest BCUT2D eigenvalue weighted by molar-refractivity contribution is 0.296. The van der Waals surface area contributed by atoms with Crippen LogP contribution in [0.4, 0.5) is 5.82 Å². The normalized spacial score (nSPS) is 10.4. The summed E-state index contributed by atoms with van der Waals surface area (Å²) in [7, 11) is 0. The van der Waals surface area contributed by atoms with Crippen molar-refractivity contribution in [1.29, 1.82) is 0 Å². The maximum atomic E-state index is 8.59. The number of nitrogens with zero attached hydrogens (tertiary/aromatic N) is 2. The van der Waals surface area contributed by atoms with Crippen LogP contribution in [0.3, 0.4) is 0 Å². The minimum absolute atomic E-state index is 0.180. The van der Waals surface area contributed by atoms with Crippen LogP contribution in [-0.2, 0) is 0 Å². The predicted molar refractivity (Wildman–Crippen MR) is 69.6 cm³/mol. The van der Waals surface area contributed by atoms with E-state index in [0.29, 0.717) is 10.8 Å². The molecule has 0 fully saturated rings. The van der Waals surface area contributed by atoms with Gasteiger partial charge in [0, 0.05) is 18.9 Å². The van der Waals surface area contributed by atoms with Crippen LogP contribution in [0.1, 0.15) is 6.42 Å². The Morgan fingerprint density at radius 1 is 1.38 bits per heavy atom. The van der Waals surface area contributed by atoms with Gasteiger partial charge in [0.15, 0.2) is 0 Å². The highest BCUT2D eigenvalue weighted by Crippen LogP contribution is 2.19. The molecule has 1 aromatic heterocycles. The van der Waals surface area contributed by atoms with Crippen molar-refractivity contribution in [1.82, 2.24) is 9.97 Å². The van der Waals surface area contributed by atoms with Gasteiger partial charge in [-0.2, -0.15) is 16.7 Å². The van der Waals surface area contributed by atoms with Gasteiger partial charge in [0.1, 0.15) is 10.8 Å². The molecular weight excluding hydrogens is 269 g/mol. The fourth-order valence-electron chi connectivity index (χ4n) is 0.980. The summed E-state index contributed by atoms with van der Waals surface area (Å²) in [5, 5.41) is 12.3. The summed E-state index contributed by atoms with van der Waals surface area (Å²) in [5.41, 5.74) is 0. The number of aliphatic hydroxyl groups excluding tert-OH is 1. The summed E-state index contributed by atoms with van der Waals surface area (Å²) in [6.45, 7) is 0.997. The SMILES string of the molecule is OCCCSCCNc1nc(Cl)ncc1Cl. The Morgan fingerprint density at radius 2 is 2.19 bits per heavy atom. The lowest BCUT2D eigenvalue weighted by Crippen LogP contribution is -2.07. The van der Waals surface area contributed by atoms with Gasteiger partial charge in [-0.3, -0.25) is 0 Å². The first-order valence-corrected chi connectivity index (χ1v) is 6.75. The molecule has 0 bridgehead atoms. The molecule has 0 saturated carbocycles. The lowest BCUT2D eigenvalue weighted by atomic mass is 10.5. The van der Waals surface area contributed by atoms with Crippen LogP contribution in [-0.4, -0.2) is 39.7 Å². The maximum absolute atomic E-state index is 8.59. The Morgan fingerprint density at radius 3 is 2.94 bits per heavy atom. The van der Waals surface area contributed by atoms with Crippen LogP contribution in [0, 0.1) is 0 Å². The van der Waals surface area contributed by atoms with Gasteiger partial charge in [0.2, 0.25) is 5.28 Å². The standard InChI is InChI=1S/C9H13Cl2N3OS/c10-7-6-13-9(11)14-8(7)12-2-5-16-4-1-3-15/h6,15H,1-5H2,(H,12,13,14). The van der Waals surface area contributed by atoms with E-state index in [-0.39, 0.29) is 11.9 Å². The van der Waals surface area contributed by atoms with Crippen molar-refractivity contribution in [3.8, 4) is 0 Å². The second-order valence-corrected chi connectivity index (χ2v) is 4.92. The lowest BCUT2D eigenvalue weighted by Gasteiger charge is -2.06. The molecule has 0 amide bonds. The van der Waals surface area contributed by atoms with Crippen molar-refractivity contribution in [3.63, 3.8) is 0 Å². The summed E-state index contributed by atoms with van der Waals surface area (Å²) < 4.78 is 0. The van der Waals surface area contributed by atoms with E-state index in [1.165, 1.54) is 6.20 Å². The molecule has 0 unspecified atom stereocenters. The Hall–Kier alpha value is -0.230. The van der Waals surface area contributed by atoms with Crippen LogP contribution < -0.4 is 5.32 Å². The molecule has 0 atom stereocenters. The third kappa shape index (κ3) is 5.21. The number of rotatable bonds is 7. The zero-order valence-electron chi connectivity index (χ0n) is 8.62. The van der Waals surface area contributed by atoms with E-state index >= 15 is 0 Å². The molecule has 1 rings (SSSR count). The Balaban J connectivity index is 2.23. The molecule has 0 aliphatic carbocycles. The van der Waals surface area contributed by atoms with Crippen molar-refractivity contribution < 1.29 is 5.11 Å². The average Bonchev–Trinajstić information content (AvgIpc) is 2.28. The van der Waals surface area contributed by atoms with E-state index in [1.807, 2.05) is 0 Å². The number of aliphatic hydroxyl groups is 1. The third-order valence-electron chi connectivity index (χ3n) is 1.70. The summed E-state index contributed by atoms with van der Waals surface area (Å²) in [5.74, 6) is 2.44. The molecule has 7 heteroatoms. The number of nitrogens with one attached hydrogen (secondary N) is 1. The summed E-state index contributed by atoms with van der Waals surface area (Å²) >= 11 is 13.3. The predicted octanol–water partition coefficient (Wildman–Crippen LogP) is 2.31. The molecule has 0 aromatic carbocycles.